The number of likely N-dealkylation sites (tertiary alicyclic amines) is 1. The molecule has 0 bridgehead atoms. The normalized spacial score (nSPS) is 21.1. The molecular formula is C26H27N7O2. The third kappa shape index (κ3) is 4.12. The van der Waals surface area contributed by atoms with Crippen LogP contribution in [0.15, 0.2) is 60.9 Å². The van der Waals surface area contributed by atoms with E-state index in [-0.39, 0.29) is 17.9 Å². The lowest BCUT2D eigenvalue weighted by atomic mass is 9.91. The van der Waals surface area contributed by atoms with Crippen molar-refractivity contribution >= 4 is 17.5 Å². The maximum Gasteiger partial charge on any atom is 0.223 e. The van der Waals surface area contributed by atoms with Crippen LogP contribution < -0.4 is 5.32 Å². The molecule has 0 radical (unpaired) electrons. The van der Waals surface area contributed by atoms with E-state index in [9.17, 15) is 4.79 Å². The second kappa shape index (κ2) is 9.07. The summed E-state index contributed by atoms with van der Waals surface area (Å²) in [6, 6.07) is 16.2. The number of aromatic nitrogens is 5. The van der Waals surface area contributed by atoms with Gasteiger partial charge in [0.15, 0.2) is 11.5 Å². The van der Waals surface area contributed by atoms with E-state index in [2.05, 4.69) is 32.6 Å². The van der Waals surface area contributed by atoms with Crippen LogP contribution in [0.2, 0.25) is 0 Å². The van der Waals surface area contributed by atoms with Crippen LogP contribution in [-0.4, -0.2) is 61.7 Å². The van der Waals surface area contributed by atoms with Crippen molar-refractivity contribution in [2.45, 2.75) is 37.3 Å². The number of likely N-dealkylation sites (N-methyl/N-ethyl adjacent to an activating group) is 1. The van der Waals surface area contributed by atoms with Crippen molar-refractivity contribution < 1.29 is 9.53 Å². The molecule has 35 heavy (non-hydrogen) atoms. The fraction of sp³-hybridized carbons (Fsp3) is 0.346. The molecule has 1 aromatic carbocycles. The molecule has 4 aromatic rings. The largest absolute Gasteiger partial charge is 0.381 e. The van der Waals surface area contributed by atoms with Crippen molar-refractivity contribution in [3.05, 3.63) is 72.3 Å². The Morgan fingerprint density at radius 3 is 2.71 bits per heavy atom. The molecule has 0 spiro atoms. The number of nitrogens with zero attached hydrogens (tertiary/aromatic N) is 6. The molecule has 2 unspecified atom stereocenters. The lowest BCUT2D eigenvalue weighted by molar-refractivity contribution is -0.127. The number of benzene rings is 1. The maximum atomic E-state index is 12.7. The molecule has 3 aromatic heterocycles. The van der Waals surface area contributed by atoms with Crippen LogP contribution in [-0.2, 0) is 9.53 Å². The first kappa shape index (κ1) is 21.7. The minimum atomic E-state index is -0.180. The third-order valence-corrected chi connectivity index (χ3v) is 7.02. The fourth-order valence-corrected chi connectivity index (χ4v) is 5.11. The monoisotopic (exact) mass is 469 g/mol. The highest BCUT2D eigenvalue weighted by Gasteiger charge is 2.41. The SMILES string of the molecule is CN1C(=O)CC(c2ccccc2)C1c1nnc2cc(-c3ccnc(NC4CCOCC4)n3)ccn12. The van der Waals surface area contributed by atoms with Crippen molar-refractivity contribution in [2.24, 2.45) is 0 Å². The zero-order valence-electron chi connectivity index (χ0n) is 19.5. The second-order valence-corrected chi connectivity index (χ2v) is 9.17. The predicted octanol–water partition coefficient (Wildman–Crippen LogP) is 3.46. The fourth-order valence-electron chi connectivity index (χ4n) is 5.11. The quantitative estimate of drug-likeness (QED) is 0.478. The van der Waals surface area contributed by atoms with Crippen LogP contribution in [0, 0.1) is 0 Å². The smallest absolute Gasteiger partial charge is 0.223 e. The van der Waals surface area contributed by atoms with Gasteiger partial charge in [-0.3, -0.25) is 9.20 Å². The van der Waals surface area contributed by atoms with Crippen LogP contribution in [0.5, 0.6) is 0 Å². The zero-order valence-corrected chi connectivity index (χ0v) is 19.5. The molecule has 2 atom stereocenters. The molecule has 9 nitrogen and oxygen atoms in total. The van der Waals surface area contributed by atoms with Crippen molar-refractivity contribution in [3.8, 4) is 11.3 Å². The Labute approximate surface area is 203 Å². The molecule has 1 amide bonds. The molecule has 9 heteroatoms. The summed E-state index contributed by atoms with van der Waals surface area (Å²) in [5.41, 5.74) is 3.60. The van der Waals surface area contributed by atoms with Crippen LogP contribution in [0.1, 0.15) is 42.6 Å². The van der Waals surface area contributed by atoms with Gasteiger partial charge in [0, 0.05) is 56.6 Å². The van der Waals surface area contributed by atoms with Gasteiger partial charge in [-0.15, -0.1) is 10.2 Å². The van der Waals surface area contributed by atoms with E-state index in [0.29, 0.717) is 18.4 Å². The highest BCUT2D eigenvalue weighted by Crippen LogP contribution is 2.43. The second-order valence-electron chi connectivity index (χ2n) is 9.17. The Hall–Kier alpha value is -3.85. The number of ether oxygens (including phenoxy) is 1. The van der Waals surface area contributed by atoms with E-state index in [1.807, 2.05) is 54.0 Å². The van der Waals surface area contributed by atoms with Crippen molar-refractivity contribution in [2.75, 3.05) is 25.6 Å². The highest BCUT2D eigenvalue weighted by molar-refractivity contribution is 5.80. The topological polar surface area (TPSA) is 97.5 Å². The van der Waals surface area contributed by atoms with Crippen molar-refractivity contribution in [1.29, 1.82) is 0 Å². The summed E-state index contributed by atoms with van der Waals surface area (Å²) >= 11 is 0. The average molecular weight is 470 g/mol. The standard InChI is InChI=1S/C26H27N7O2/c1-32-23(34)16-20(17-5-3-2-4-6-17)24(32)25-31-30-22-15-18(8-12-33(22)25)21-7-11-27-26(29-21)28-19-9-13-35-14-10-19/h2-8,11-12,15,19-20,24H,9-10,13-14,16H2,1H3,(H,27,28,29). The molecule has 0 aliphatic carbocycles. The van der Waals surface area contributed by atoms with E-state index in [0.717, 1.165) is 54.3 Å². The first-order valence-electron chi connectivity index (χ1n) is 12.0. The van der Waals surface area contributed by atoms with Crippen molar-refractivity contribution in [1.82, 2.24) is 29.5 Å². The summed E-state index contributed by atoms with van der Waals surface area (Å²) in [5, 5.41) is 12.4. The van der Waals surface area contributed by atoms with E-state index >= 15 is 0 Å². The third-order valence-electron chi connectivity index (χ3n) is 7.02. The average Bonchev–Trinajstić information content (AvgIpc) is 3.45. The van der Waals surface area contributed by atoms with Crippen LogP contribution in [0.25, 0.3) is 16.9 Å². The van der Waals surface area contributed by atoms with E-state index < -0.39 is 0 Å². The van der Waals surface area contributed by atoms with Gasteiger partial charge in [0.25, 0.3) is 0 Å². The molecule has 178 valence electrons. The van der Waals surface area contributed by atoms with Gasteiger partial charge in [0.05, 0.1) is 11.7 Å². The summed E-state index contributed by atoms with van der Waals surface area (Å²) < 4.78 is 7.41. The number of amides is 1. The number of carbonyl (C=O) groups excluding carboxylic acids is 1. The Morgan fingerprint density at radius 1 is 1.06 bits per heavy atom. The number of carbonyl (C=O) groups is 1. The Bertz CT molecular complexity index is 1350. The molecule has 2 fully saturated rings. The Kier molecular flexibility index (Phi) is 5.61. The van der Waals surface area contributed by atoms with Crippen LogP contribution >= 0.6 is 0 Å². The van der Waals surface area contributed by atoms with E-state index in [1.54, 1.807) is 11.1 Å². The highest BCUT2D eigenvalue weighted by atomic mass is 16.5. The van der Waals surface area contributed by atoms with Gasteiger partial charge in [-0.2, -0.15) is 0 Å². The summed E-state index contributed by atoms with van der Waals surface area (Å²) in [4.78, 5) is 23.6. The number of anilines is 1. The van der Waals surface area contributed by atoms with Gasteiger partial charge < -0.3 is 15.0 Å². The molecule has 6 rings (SSSR count). The summed E-state index contributed by atoms with van der Waals surface area (Å²) in [6.07, 6.45) is 6.09. The maximum absolute atomic E-state index is 12.7. The summed E-state index contributed by atoms with van der Waals surface area (Å²) in [6.45, 7) is 1.52. The first-order valence-corrected chi connectivity index (χ1v) is 12.0. The lowest BCUT2D eigenvalue weighted by Gasteiger charge is -2.23. The molecule has 1 N–H and O–H groups in total. The number of pyridine rings is 1. The van der Waals surface area contributed by atoms with E-state index in [1.165, 1.54) is 0 Å². The molecule has 0 saturated carbocycles. The molecule has 2 saturated heterocycles. The molecule has 2 aliphatic heterocycles. The van der Waals surface area contributed by atoms with Crippen molar-refractivity contribution in [3.63, 3.8) is 0 Å². The number of hydrogen-bond acceptors (Lipinski definition) is 7. The molecule has 2 aliphatic rings. The van der Waals surface area contributed by atoms with Gasteiger partial charge in [-0.05, 0) is 36.6 Å². The van der Waals surface area contributed by atoms with Gasteiger partial charge in [0.2, 0.25) is 11.9 Å². The lowest BCUT2D eigenvalue weighted by Crippen LogP contribution is -2.28. The number of fused-ring (bicyclic) bond motifs is 1. The number of hydrogen-bond donors (Lipinski definition) is 1. The van der Waals surface area contributed by atoms with Crippen LogP contribution in [0.3, 0.4) is 0 Å². The summed E-state index contributed by atoms with van der Waals surface area (Å²) in [5.74, 6) is 1.52. The van der Waals surface area contributed by atoms with E-state index in [4.69, 9.17) is 9.72 Å². The van der Waals surface area contributed by atoms with Gasteiger partial charge in [-0.1, -0.05) is 30.3 Å². The van der Waals surface area contributed by atoms with Gasteiger partial charge in [0.1, 0.15) is 0 Å². The summed E-state index contributed by atoms with van der Waals surface area (Å²) in [7, 11) is 1.85. The Balaban J connectivity index is 1.30. The van der Waals surface area contributed by atoms with Gasteiger partial charge in [-0.25, -0.2) is 9.97 Å². The number of nitrogens with one attached hydrogen (secondary N) is 1. The molecular weight excluding hydrogens is 442 g/mol. The predicted molar refractivity (Wildman–Crippen MR) is 131 cm³/mol. The zero-order chi connectivity index (χ0) is 23.8. The van der Waals surface area contributed by atoms with Gasteiger partial charge >= 0.3 is 0 Å². The van der Waals surface area contributed by atoms with Crippen LogP contribution in [0.4, 0.5) is 5.95 Å². The first-order chi connectivity index (χ1) is 17.2. The molecule has 5 heterocycles. The minimum absolute atomic E-state index is 0.0291. The minimum Gasteiger partial charge on any atom is -0.381 e. The Morgan fingerprint density at radius 2 is 1.89 bits per heavy atom. The number of rotatable bonds is 5.